The third kappa shape index (κ3) is 1.96. The van der Waals surface area contributed by atoms with Gasteiger partial charge in [0.15, 0.2) is 0 Å². The van der Waals surface area contributed by atoms with E-state index in [4.69, 9.17) is 0 Å². The summed E-state index contributed by atoms with van der Waals surface area (Å²) in [5.74, 6) is 0.893. The van der Waals surface area contributed by atoms with Crippen molar-refractivity contribution in [3.63, 3.8) is 0 Å². The van der Waals surface area contributed by atoms with Crippen molar-refractivity contribution in [3.05, 3.63) is 0 Å². The number of aliphatic hydroxyl groups is 1. The van der Waals surface area contributed by atoms with Crippen LogP contribution in [0.15, 0.2) is 0 Å². The molecule has 2 rings (SSSR count). The summed E-state index contributed by atoms with van der Waals surface area (Å²) in [4.78, 5) is 2.45. The molecule has 2 nitrogen and oxygen atoms in total. The van der Waals surface area contributed by atoms with Gasteiger partial charge in [-0.05, 0) is 38.0 Å². The lowest BCUT2D eigenvalue weighted by Gasteiger charge is -2.27. The van der Waals surface area contributed by atoms with Crippen molar-refractivity contribution in [3.8, 4) is 0 Å². The Balaban J connectivity index is 1.95. The predicted molar refractivity (Wildman–Crippen MR) is 58.2 cm³/mol. The first-order valence-corrected chi connectivity index (χ1v) is 5.84. The summed E-state index contributed by atoms with van der Waals surface area (Å²) >= 11 is 0. The molecule has 1 saturated heterocycles. The van der Waals surface area contributed by atoms with E-state index >= 15 is 0 Å². The molecule has 0 aromatic rings. The standard InChI is InChI=1S/C12H23NO/c1-11(2,14)8-13-7-10-5-4-6-12(10,3)9-13/h10,14H,4-9H2,1-3H3/t10-,12+/m0/s1. The summed E-state index contributed by atoms with van der Waals surface area (Å²) in [5.41, 5.74) is 0.0280. The highest BCUT2D eigenvalue weighted by molar-refractivity contribution is 4.98. The van der Waals surface area contributed by atoms with Gasteiger partial charge in [0.2, 0.25) is 0 Å². The highest BCUT2D eigenvalue weighted by atomic mass is 16.3. The van der Waals surface area contributed by atoms with Crippen molar-refractivity contribution in [2.45, 2.75) is 45.6 Å². The van der Waals surface area contributed by atoms with Crippen LogP contribution in [0, 0.1) is 11.3 Å². The summed E-state index contributed by atoms with van der Waals surface area (Å²) in [7, 11) is 0. The number of likely N-dealkylation sites (tertiary alicyclic amines) is 1. The Bertz CT molecular complexity index is 221. The van der Waals surface area contributed by atoms with Crippen molar-refractivity contribution in [2.75, 3.05) is 19.6 Å². The van der Waals surface area contributed by atoms with Crippen molar-refractivity contribution >= 4 is 0 Å². The van der Waals surface area contributed by atoms with Gasteiger partial charge in [-0.25, -0.2) is 0 Å². The molecule has 2 fully saturated rings. The van der Waals surface area contributed by atoms with Gasteiger partial charge >= 0.3 is 0 Å². The molecule has 82 valence electrons. The van der Waals surface area contributed by atoms with E-state index in [9.17, 15) is 5.11 Å². The van der Waals surface area contributed by atoms with Gasteiger partial charge in [-0.15, -0.1) is 0 Å². The van der Waals surface area contributed by atoms with E-state index in [2.05, 4.69) is 11.8 Å². The van der Waals surface area contributed by atoms with Crippen LogP contribution in [0.2, 0.25) is 0 Å². The largest absolute Gasteiger partial charge is 0.389 e. The van der Waals surface area contributed by atoms with Gasteiger partial charge in [0.25, 0.3) is 0 Å². The van der Waals surface area contributed by atoms with E-state index in [1.807, 2.05) is 13.8 Å². The maximum atomic E-state index is 9.78. The van der Waals surface area contributed by atoms with Crippen molar-refractivity contribution in [2.24, 2.45) is 11.3 Å². The number of hydrogen-bond acceptors (Lipinski definition) is 2. The molecule has 1 saturated carbocycles. The minimum absolute atomic E-state index is 0.533. The first-order chi connectivity index (χ1) is 6.39. The Morgan fingerprint density at radius 1 is 1.50 bits per heavy atom. The average Bonchev–Trinajstić information content (AvgIpc) is 2.38. The van der Waals surface area contributed by atoms with E-state index in [0.29, 0.717) is 5.41 Å². The van der Waals surface area contributed by atoms with Crippen LogP contribution in [0.1, 0.15) is 40.0 Å². The van der Waals surface area contributed by atoms with Gasteiger partial charge in [-0.3, -0.25) is 4.90 Å². The lowest BCUT2D eigenvalue weighted by atomic mass is 9.83. The molecule has 2 aliphatic rings. The highest BCUT2D eigenvalue weighted by Gasteiger charge is 2.46. The van der Waals surface area contributed by atoms with Crippen LogP contribution in [-0.2, 0) is 0 Å². The topological polar surface area (TPSA) is 23.5 Å². The van der Waals surface area contributed by atoms with E-state index < -0.39 is 5.60 Å². The van der Waals surface area contributed by atoms with Crippen LogP contribution in [0.3, 0.4) is 0 Å². The Hall–Kier alpha value is -0.0800. The Morgan fingerprint density at radius 2 is 2.21 bits per heavy atom. The lowest BCUT2D eigenvalue weighted by molar-refractivity contribution is 0.0399. The zero-order chi connectivity index (χ0) is 10.4. The summed E-state index contributed by atoms with van der Waals surface area (Å²) in [6.45, 7) is 9.48. The molecule has 0 amide bonds. The molecular weight excluding hydrogens is 174 g/mol. The SMILES string of the molecule is CC(C)(O)CN1C[C@@H]2CCC[C@]2(C)C1. The highest BCUT2D eigenvalue weighted by Crippen LogP contribution is 2.48. The maximum absolute atomic E-state index is 9.78. The molecule has 14 heavy (non-hydrogen) atoms. The van der Waals surface area contributed by atoms with Gasteiger partial charge in [0.05, 0.1) is 5.60 Å². The van der Waals surface area contributed by atoms with Gasteiger partial charge in [-0.1, -0.05) is 13.3 Å². The van der Waals surface area contributed by atoms with Gasteiger partial charge in [0.1, 0.15) is 0 Å². The minimum atomic E-state index is -0.533. The van der Waals surface area contributed by atoms with E-state index in [1.54, 1.807) is 0 Å². The molecule has 1 N–H and O–H groups in total. The fourth-order valence-corrected chi connectivity index (χ4v) is 3.38. The summed E-state index contributed by atoms with van der Waals surface area (Å²) in [5, 5.41) is 9.78. The molecule has 0 radical (unpaired) electrons. The molecule has 1 aliphatic heterocycles. The fraction of sp³-hybridized carbons (Fsp3) is 1.00. The van der Waals surface area contributed by atoms with Gasteiger partial charge in [-0.2, -0.15) is 0 Å². The summed E-state index contributed by atoms with van der Waals surface area (Å²) in [6.07, 6.45) is 4.20. The van der Waals surface area contributed by atoms with Crippen LogP contribution < -0.4 is 0 Å². The summed E-state index contributed by atoms with van der Waals surface area (Å²) in [6, 6.07) is 0. The Labute approximate surface area is 87.3 Å². The van der Waals surface area contributed by atoms with E-state index in [-0.39, 0.29) is 0 Å². The predicted octanol–water partition coefficient (Wildman–Crippen LogP) is 1.88. The molecule has 0 aromatic carbocycles. The molecule has 0 unspecified atom stereocenters. The quantitative estimate of drug-likeness (QED) is 0.730. The molecular formula is C12H23NO. The van der Waals surface area contributed by atoms with Crippen molar-refractivity contribution in [1.82, 2.24) is 4.90 Å². The van der Waals surface area contributed by atoms with E-state index in [1.165, 1.54) is 32.4 Å². The monoisotopic (exact) mass is 197 g/mol. The second kappa shape index (κ2) is 3.21. The minimum Gasteiger partial charge on any atom is -0.389 e. The second-order valence-corrected chi connectivity index (χ2v) is 6.23. The number of nitrogens with zero attached hydrogens (tertiary/aromatic N) is 1. The molecule has 2 heteroatoms. The van der Waals surface area contributed by atoms with Gasteiger partial charge in [0, 0.05) is 19.6 Å². The number of β-amino-alcohol motifs (C(OH)–C–C–N with tert-alkyl or cyclic N) is 1. The Kier molecular flexibility index (Phi) is 2.39. The normalized spacial score (nSPS) is 39.0. The molecule has 1 heterocycles. The van der Waals surface area contributed by atoms with Crippen LogP contribution in [0.25, 0.3) is 0 Å². The van der Waals surface area contributed by atoms with Crippen LogP contribution >= 0.6 is 0 Å². The van der Waals surface area contributed by atoms with Crippen LogP contribution in [-0.4, -0.2) is 35.2 Å². The van der Waals surface area contributed by atoms with Crippen molar-refractivity contribution in [1.29, 1.82) is 0 Å². The fourth-order valence-electron chi connectivity index (χ4n) is 3.38. The summed E-state index contributed by atoms with van der Waals surface area (Å²) < 4.78 is 0. The molecule has 0 bridgehead atoms. The first kappa shape index (κ1) is 10.4. The molecule has 2 atom stereocenters. The number of rotatable bonds is 2. The second-order valence-electron chi connectivity index (χ2n) is 6.23. The molecule has 1 aliphatic carbocycles. The third-order valence-electron chi connectivity index (χ3n) is 3.96. The first-order valence-electron chi connectivity index (χ1n) is 5.84. The molecule has 0 aromatic heterocycles. The van der Waals surface area contributed by atoms with Crippen LogP contribution in [0.4, 0.5) is 0 Å². The lowest BCUT2D eigenvalue weighted by Crippen LogP contribution is -2.38. The maximum Gasteiger partial charge on any atom is 0.0718 e. The zero-order valence-electron chi connectivity index (χ0n) is 9.71. The number of hydrogen-bond donors (Lipinski definition) is 1. The molecule has 0 spiro atoms. The van der Waals surface area contributed by atoms with Crippen molar-refractivity contribution < 1.29 is 5.11 Å². The Morgan fingerprint density at radius 3 is 2.79 bits per heavy atom. The zero-order valence-corrected chi connectivity index (χ0v) is 9.71. The van der Waals surface area contributed by atoms with Crippen LogP contribution in [0.5, 0.6) is 0 Å². The smallest absolute Gasteiger partial charge is 0.0718 e. The van der Waals surface area contributed by atoms with Gasteiger partial charge < -0.3 is 5.11 Å². The average molecular weight is 197 g/mol. The number of fused-ring (bicyclic) bond motifs is 1. The van der Waals surface area contributed by atoms with E-state index in [0.717, 1.165) is 12.5 Å². The third-order valence-corrected chi connectivity index (χ3v) is 3.96.